The first-order chi connectivity index (χ1) is 11.8. The average Bonchev–Trinajstić information content (AvgIpc) is 2.52. The Balaban J connectivity index is 2.03. The number of alkyl halides is 3. The maximum Gasteiger partial charge on any atom is 0.416 e. The van der Waals surface area contributed by atoms with Crippen LogP contribution in [0.2, 0.25) is 0 Å². The Bertz CT molecular complexity index is 759. The van der Waals surface area contributed by atoms with Crippen molar-refractivity contribution in [3.05, 3.63) is 48.0 Å². The zero-order valence-corrected chi connectivity index (χ0v) is 15.3. The molecular formula is C19H21F3N2S. The summed E-state index contributed by atoms with van der Waals surface area (Å²) in [6, 6.07) is 11.9. The van der Waals surface area contributed by atoms with Crippen LogP contribution in [0.5, 0.6) is 0 Å². The molecule has 2 aromatic rings. The van der Waals surface area contributed by atoms with Crippen LogP contribution in [0.1, 0.15) is 12.5 Å². The van der Waals surface area contributed by atoms with Crippen LogP contribution in [0.15, 0.2) is 52.3 Å². The highest BCUT2D eigenvalue weighted by atomic mass is 32.2. The number of rotatable bonds is 4. The molecule has 0 aliphatic carbocycles. The van der Waals surface area contributed by atoms with Gasteiger partial charge in [-0.25, -0.2) is 0 Å². The lowest BCUT2D eigenvalue weighted by atomic mass is 10.1. The third-order valence-electron chi connectivity index (χ3n) is 4.12. The predicted molar refractivity (Wildman–Crippen MR) is 96.7 cm³/mol. The minimum Gasteiger partial charge on any atom is -0.339 e. The first kappa shape index (κ1) is 18.1. The molecule has 0 fully saturated rings. The van der Waals surface area contributed by atoms with Crippen LogP contribution in [-0.2, 0) is 6.18 Å². The van der Waals surface area contributed by atoms with Crippen molar-refractivity contribution in [2.45, 2.75) is 22.9 Å². The van der Waals surface area contributed by atoms with Gasteiger partial charge in [0.25, 0.3) is 0 Å². The van der Waals surface area contributed by atoms with Crippen LogP contribution in [-0.4, -0.2) is 32.1 Å². The highest BCUT2D eigenvalue weighted by Crippen LogP contribution is 2.49. The number of halogens is 3. The van der Waals surface area contributed by atoms with Crippen molar-refractivity contribution in [1.29, 1.82) is 0 Å². The average molecular weight is 366 g/mol. The molecule has 6 heteroatoms. The first-order valence-corrected chi connectivity index (χ1v) is 8.98. The number of para-hydroxylation sites is 1. The largest absolute Gasteiger partial charge is 0.416 e. The second-order valence-electron chi connectivity index (χ2n) is 6.73. The third-order valence-corrected chi connectivity index (χ3v) is 5.25. The fraction of sp³-hybridized carbons (Fsp3) is 0.368. The van der Waals surface area contributed by atoms with Crippen molar-refractivity contribution in [1.82, 2.24) is 4.90 Å². The minimum absolute atomic E-state index is 0.313. The Morgan fingerprint density at radius 3 is 2.40 bits per heavy atom. The minimum atomic E-state index is -4.34. The summed E-state index contributed by atoms with van der Waals surface area (Å²) in [4.78, 5) is 6.07. The lowest BCUT2D eigenvalue weighted by Crippen LogP contribution is -2.31. The zero-order chi connectivity index (χ0) is 18.2. The predicted octanol–water partition coefficient (Wildman–Crippen LogP) is 5.51. The molecule has 2 nitrogen and oxygen atoms in total. The van der Waals surface area contributed by atoms with Crippen LogP contribution < -0.4 is 4.90 Å². The number of hydrogen-bond acceptors (Lipinski definition) is 3. The monoisotopic (exact) mass is 366 g/mol. The van der Waals surface area contributed by atoms with Gasteiger partial charge in [-0.05, 0) is 50.3 Å². The normalized spacial score (nSPS) is 15.1. The highest BCUT2D eigenvalue weighted by Gasteiger charge is 2.33. The number of fused-ring (bicyclic) bond motifs is 2. The summed E-state index contributed by atoms with van der Waals surface area (Å²) in [7, 11) is 4.01. The number of nitrogens with zero attached hydrogens (tertiary/aromatic N) is 2. The molecule has 1 heterocycles. The van der Waals surface area contributed by atoms with E-state index in [0.717, 1.165) is 22.0 Å². The first-order valence-electron chi connectivity index (χ1n) is 8.16. The maximum atomic E-state index is 13.2. The Hall–Kier alpha value is -1.66. The SMILES string of the molecule is C[C@H](CN(C)C)CN1c2ccccc2Sc2ccc(C(F)(F)F)cc21. The topological polar surface area (TPSA) is 6.48 Å². The number of benzene rings is 2. The lowest BCUT2D eigenvalue weighted by molar-refractivity contribution is -0.137. The maximum absolute atomic E-state index is 13.2. The molecule has 0 amide bonds. The molecule has 25 heavy (non-hydrogen) atoms. The smallest absolute Gasteiger partial charge is 0.339 e. The van der Waals surface area contributed by atoms with Gasteiger partial charge in [-0.15, -0.1) is 0 Å². The quantitative estimate of drug-likeness (QED) is 0.705. The molecule has 0 saturated heterocycles. The molecule has 0 aromatic heterocycles. The Morgan fingerprint density at radius 2 is 1.72 bits per heavy atom. The summed E-state index contributed by atoms with van der Waals surface area (Å²) in [6.45, 7) is 3.67. The lowest BCUT2D eigenvalue weighted by Gasteiger charge is -2.35. The summed E-state index contributed by atoms with van der Waals surface area (Å²) in [6.07, 6.45) is -4.34. The van der Waals surface area contributed by atoms with E-state index in [0.29, 0.717) is 18.2 Å². The van der Waals surface area contributed by atoms with Crippen LogP contribution in [0.4, 0.5) is 24.5 Å². The van der Waals surface area contributed by atoms with E-state index in [1.807, 2.05) is 43.3 Å². The van der Waals surface area contributed by atoms with E-state index >= 15 is 0 Å². The van der Waals surface area contributed by atoms with Crippen molar-refractivity contribution >= 4 is 23.1 Å². The summed E-state index contributed by atoms with van der Waals surface area (Å²) >= 11 is 1.53. The van der Waals surface area contributed by atoms with E-state index in [1.54, 1.807) is 6.07 Å². The van der Waals surface area contributed by atoms with Gasteiger partial charge in [0.05, 0.1) is 16.9 Å². The molecule has 1 aliphatic heterocycles. The van der Waals surface area contributed by atoms with Crippen LogP contribution in [0.25, 0.3) is 0 Å². The standard InChI is InChI=1S/C19H21F3N2S/c1-13(11-23(2)3)12-24-15-6-4-5-7-17(15)25-18-9-8-14(10-16(18)24)19(20,21)22/h4-10,13H,11-12H2,1-3H3/t13-/m1/s1. The zero-order valence-electron chi connectivity index (χ0n) is 14.5. The Labute approximate surface area is 150 Å². The van der Waals surface area contributed by atoms with Gasteiger partial charge in [0.1, 0.15) is 0 Å². The van der Waals surface area contributed by atoms with E-state index in [1.165, 1.54) is 23.9 Å². The molecule has 0 bridgehead atoms. The fourth-order valence-electron chi connectivity index (χ4n) is 3.20. The second kappa shape index (κ2) is 6.92. The van der Waals surface area contributed by atoms with Gasteiger partial charge < -0.3 is 9.80 Å². The summed E-state index contributed by atoms with van der Waals surface area (Å²) < 4.78 is 39.6. The molecule has 0 radical (unpaired) electrons. The van der Waals surface area contributed by atoms with Gasteiger partial charge in [0.15, 0.2) is 0 Å². The van der Waals surface area contributed by atoms with Crippen LogP contribution in [0.3, 0.4) is 0 Å². The summed E-state index contributed by atoms with van der Waals surface area (Å²) in [5.74, 6) is 0.313. The molecule has 1 aliphatic rings. The molecule has 0 unspecified atom stereocenters. The molecular weight excluding hydrogens is 345 g/mol. The highest BCUT2D eigenvalue weighted by molar-refractivity contribution is 7.99. The van der Waals surface area contributed by atoms with Crippen molar-refractivity contribution in [2.75, 3.05) is 32.1 Å². The Kier molecular flexibility index (Phi) is 5.02. The molecule has 1 atom stereocenters. The van der Waals surface area contributed by atoms with E-state index in [-0.39, 0.29) is 0 Å². The van der Waals surface area contributed by atoms with Crippen LogP contribution >= 0.6 is 11.8 Å². The van der Waals surface area contributed by atoms with Gasteiger partial charge >= 0.3 is 6.18 Å². The molecule has 0 spiro atoms. The third kappa shape index (κ3) is 3.96. The van der Waals surface area contributed by atoms with E-state index in [4.69, 9.17) is 0 Å². The molecule has 2 aromatic carbocycles. The van der Waals surface area contributed by atoms with Gasteiger partial charge in [-0.2, -0.15) is 13.2 Å². The number of anilines is 2. The van der Waals surface area contributed by atoms with E-state index in [9.17, 15) is 13.2 Å². The molecule has 0 N–H and O–H groups in total. The number of hydrogen-bond donors (Lipinski definition) is 0. The molecule has 3 rings (SSSR count). The van der Waals surface area contributed by atoms with Gasteiger partial charge in [-0.3, -0.25) is 0 Å². The molecule has 0 saturated carbocycles. The van der Waals surface area contributed by atoms with Crippen molar-refractivity contribution < 1.29 is 13.2 Å². The van der Waals surface area contributed by atoms with Crippen molar-refractivity contribution in [2.24, 2.45) is 5.92 Å². The van der Waals surface area contributed by atoms with Crippen molar-refractivity contribution in [3.8, 4) is 0 Å². The van der Waals surface area contributed by atoms with Gasteiger partial charge in [0.2, 0.25) is 0 Å². The van der Waals surface area contributed by atoms with Gasteiger partial charge in [-0.1, -0.05) is 30.8 Å². The molecule has 134 valence electrons. The summed E-state index contributed by atoms with van der Waals surface area (Å²) in [5, 5.41) is 0. The fourth-order valence-corrected chi connectivity index (χ4v) is 4.27. The second-order valence-corrected chi connectivity index (χ2v) is 7.81. The van der Waals surface area contributed by atoms with Crippen LogP contribution in [0, 0.1) is 5.92 Å². The van der Waals surface area contributed by atoms with Crippen molar-refractivity contribution in [3.63, 3.8) is 0 Å². The Morgan fingerprint density at radius 1 is 1.04 bits per heavy atom. The van der Waals surface area contributed by atoms with E-state index < -0.39 is 11.7 Å². The van der Waals surface area contributed by atoms with E-state index in [2.05, 4.69) is 11.8 Å². The van der Waals surface area contributed by atoms with Gasteiger partial charge in [0, 0.05) is 22.9 Å². The summed E-state index contributed by atoms with van der Waals surface area (Å²) in [5.41, 5.74) is 1.02.